The van der Waals surface area contributed by atoms with E-state index in [1.54, 1.807) is 0 Å². The zero-order chi connectivity index (χ0) is 34.7. The highest BCUT2D eigenvalue weighted by Crippen LogP contribution is 2.68. The fourth-order valence-corrected chi connectivity index (χ4v) is 11.8. The van der Waals surface area contributed by atoms with Gasteiger partial charge in [-0.15, -0.1) is 0 Å². The Bertz CT molecular complexity index is 987. The zero-order valence-electron chi connectivity index (χ0n) is 31.5. The van der Waals surface area contributed by atoms with Crippen molar-refractivity contribution in [3.63, 3.8) is 0 Å². The van der Waals surface area contributed by atoms with E-state index in [0.29, 0.717) is 30.6 Å². The van der Waals surface area contributed by atoms with Gasteiger partial charge in [-0.2, -0.15) is 0 Å². The topological polar surface area (TPSA) is 107 Å². The summed E-state index contributed by atoms with van der Waals surface area (Å²) >= 11 is 0. The molecule has 4 fully saturated rings. The summed E-state index contributed by atoms with van der Waals surface area (Å²) in [6, 6.07) is 0.195. The van der Waals surface area contributed by atoms with E-state index in [0.717, 1.165) is 57.8 Å². The minimum atomic E-state index is -0.746. The summed E-state index contributed by atoms with van der Waals surface area (Å²) < 4.78 is 0. The molecule has 0 heterocycles. The number of hydrogen-bond donors (Lipinski definition) is 4. The van der Waals surface area contributed by atoms with Crippen molar-refractivity contribution >= 4 is 11.9 Å². The van der Waals surface area contributed by atoms with E-state index in [4.69, 9.17) is 0 Å². The molecule has 0 aromatic heterocycles. The number of carbonyl (C=O) groups is 2. The van der Waals surface area contributed by atoms with Crippen molar-refractivity contribution in [3.05, 3.63) is 0 Å². The first-order valence-corrected chi connectivity index (χ1v) is 20.9. The van der Waals surface area contributed by atoms with Gasteiger partial charge in [0, 0.05) is 18.9 Å². The van der Waals surface area contributed by atoms with Crippen molar-refractivity contribution < 1.29 is 24.9 Å². The van der Waals surface area contributed by atoms with Crippen LogP contribution in [0.3, 0.4) is 0 Å². The third-order valence-electron chi connectivity index (χ3n) is 14.7. The van der Waals surface area contributed by atoms with Crippen molar-refractivity contribution in [1.29, 1.82) is 0 Å². The van der Waals surface area contributed by atoms with Crippen LogP contribution in [0.5, 0.6) is 0 Å². The van der Waals surface area contributed by atoms with E-state index in [9.17, 15) is 24.9 Å². The normalized spacial score (nSPS) is 36.5. The van der Waals surface area contributed by atoms with Crippen LogP contribution >= 0.6 is 0 Å². The van der Waals surface area contributed by atoms with Crippen LogP contribution in [0.25, 0.3) is 0 Å². The molecule has 1 amide bonds. The van der Waals surface area contributed by atoms with Crippen molar-refractivity contribution in [2.24, 2.45) is 46.3 Å². The molecule has 0 aromatic carbocycles. The Morgan fingerprint density at radius 1 is 0.750 bits per heavy atom. The Labute approximate surface area is 294 Å². The standard InChI is InChI=1S/C42H75NO5/c1-5-6-7-8-9-10-11-12-13-14-15-16-17-18-19-20-38(46)43-32-25-26-41(3)31(27-32)28-36(44)40-34-23-22-33(30(2)21-24-39(47)48)42(34,4)37(45)29-35(40)41/h30-37,40,44-45H,5-29H2,1-4H3,(H,43,46)(H,47,48)/t30-,31+,32+,33-,34+,35+,36-,37+,40+,41+,42-/m1/s1. The van der Waals surface area contributed by atoms with Gasteiger partial charge in [0.2, 0.25) is 5.91 Å². The predicted octanol–water partition coefficient (Wildman–Crippen LogP) is 9.83. The molecule has 48 heavy (non-hydrogen) atoms. The van der Waals surface area contributed by atoms with Gasteiger partial charge in [0.25, 0.3) is 0 Å². The number of unbranched alkanes of at least 4 members (excludes halogenated alkanes) is 14. The minimum Gasteiger partial charge on any atom is -0.481 e. The molecule has 4 aliphatic carbocycles. The first kappa shape index (κ1) is 39.6. The molecule has 0 bridgehead atoms. The van der Waals surface area contributed by atoms with Crippen molar-refractivity contribution in [2.75, 3.05) is 0 Å². The predicted molar refractivity (Wildman–Crippen MR) is 196 cm³/mol. The second-order valence-electron chi connectivity index (χ2n) is 17.7. The average Bonchev–Trinajstić information content (AvgIpc) is 3.41. The Kier molecular flexibility index (Phi) is 15.6. The summed E-state index contributed by atoms with van der Waals surface area (Å²) in [6.45, 7) is 9.12. The second kappa shape index (κ2) is 18.9. The number of amides is 1. The molecule has 6 nitrogen and oxygen atoms in total. The summed E-state index contributed by atoms with van der Waals surface area (Å²) in [6.07, 6.45) is 27.2. The fourth-order valence-electron chi connectivity index (χ4n) is 11.8. The van der Waals surface area contributed by atoms with Crippen molar-refractivity contribution in [1.82, 2.24) is 5.32 Å². The monoisotopic (exact) mass is 674 g/mol. The van der Waals surface area contributed by atoms with E-state index in [1.165, 1.54) is 83.5 Å². The van der Waals surface area contributed by atoms with E-state index < -0.39 is 12.1 Å². The molecule has 278 valence electrons. The van der Waals surface area contributed by atoms with Gasteiger partial charge < -0.3 is 20.6 Å². The van der Waals surface area contributed by atoms with Crippen molar-refractivity contribution in [3.8, 4) is 0 Å². The van der Waals surface area contributed by atoms with Crippen LogP contribution in [0, 0.1) is 46.3 Å². The van der Waals surface area contributed by atoms with Gasteiger partial charge in [0.15, 0.2) is 0 Å². The molecule has 0 unspecified atom stereocenters. The number of hydrogen-bond acceptors (Lipinski definition) is 4. The van der Waals surface area contributed by atoms with Gasteiger partial charge in [-0.25, -0.2) is 0 Å². The number of carboxylic acid groups (broad SMARTS) is 1. The number of fused-ring (bicyclic) bond motifs is 5. The van der Waals surface area contributed by atoms with Crippen LogP contribution in [-0.2, 0) is 9.59 Å². The number of rotatable bonds is 21. The van der Waals surface area contributed by atoms with Crippen LogP contribution in [0.1, 0.15) is 188 Å². The van der Waals surface area contributed by atoms with Crippen LogP contribution in [0.15, 0.2) is 0 Å². The first-order valence-electron chi connectivity index (χ1n) is 20.9. The van der Waals surface area contributed by atoms with Crippen LogP contribution in [0.2, 0.25) is 0 Å². The Morgan fingerprint density at radius 3 is 1.92 bits per heavy atom. The summed E-state index contributed by atoms with van der Waals surface area (Å²) in [4.78, 5) is 24.2. The smallest absolute Gasteiger partial charge is 0.303 e. The van der Waals surface area contributed by atoms with Gasteiger partial charge in [0.1, 0.15) is 0 Å². The van der Waals surface area contributed by atoms with E-state index in [2.05, 4.69) is 33.0 Å². The largest absolute Gasteiger partial charge is 0.481 e. The summed E-state index contributed by atoms with van der Waals surface area (Å²) in [5.74, 6) is 1.14. The lowest BCUT2D eigenvalue weighted by Crippen LogP contribution is -2.63. The fraction of sp³-hybridized carbons (Fsp3) is 0.952. The highest BCUT2D eigenvalue weighted by atomic mass is 16.4. The molecule has 0 radical (unpaired) electrons. The van der Waals surface area contributed by atoms with Crippen molar-refractivity contribution in [2.45, 2.75) is 206 Å². The minimum absolute atomic E-state index is 0.0781. The number of aliphatic hydroxyl groups excluding tert-OH is 2. The number of nitrogens with one attached hydrogen (secondary N) is 1. The maximum absolute atomic E-state index is 12.9. The van der Waals surface area contributed by atoms with Crippen LogP contribution < -0.4 is 5.32 Å². The highest BCUT2D eigenvalue weighted by molar-refractivity contribution is 5.76. The second-order valence-corrected chi connectivity index (χ2v) is 17.7. The van der Waals surface area contributed by atoms with E-state index in [-0.39, 0.29) is 53.1 Å². The van der Waals surface area contributed by atoms with E-state index >= 15 is 0 Å². The maximum atomic E-state index is 12.9. The summed E-state index contributed by atoms with van der Waals surface area (Å²) in [5, 5.41) is 36.2. The number of carbonyl (C=O) groups excluding carboxylic acids is 1. The molecular weight excluding hydrogens is 598 g/mol. The molecule has 4 N–H and O–H groups in total. The van der Waals surface area contributed by atoms with Gasteiger partial charge in [-0.1, -0.05) is 118 Å². The molecule has 0 aliphatic heterocycles. The zero-order valence-corrected chi connectivity index (χ0v) is 31.5. The maximum Gasteiger partial charge on any atom is 0.303 e. The Hall–Kier alpha value is -1.14. The van der Waals surface area contributed by atoms with E-state index in [1.807, 2.05) is 0 Å². The summed E-state index contributed by atoms with van der Waals surface area (Å²) in [7, 11) is 0. The third-order valence-corrected chi connectivity index (χ3v) is 14.7. The van der Waals surface area contributed by atoms with Gasteiger partial charge >= 0.3 is 5.97 Å². The molecule has 4 rings (SSSR count). The van der Waals surface area contributed by atoms with Gasteiger partial charge in [0.05, 0.1) is 12.2 Å². The molecule has 0 aromatic rings. The van der Waals surface area contributed by atoms with Crippen LogP contribution in [-0.4, -0.2) is 45.4 Å². The lowest BCUT2D eigenvalue weighted by molar-refractivity contribution is -0.202. The molecule has 4 aliphatic rings. The Morgan fingerprint density at radius 2 is 1.33 bits per heavy atom. The number of aliphatic carboxylic acids is 1. The summed E-state index contributed by atoms with van der Waals surface area (Å²) in [5.41, 5.74) is -0.184. The molecule has 0 spiro atoms. The first-order chi connectivity index (χ1) is 23.0. The third kappa shape index (κ3) is 9.80. The molecule has 11 atom stereocenters. The molecule has 4 saturated carbocycles. The lowest BCUT2D eigenvalue weighted by atomic mass is 9.43. The molecule has 6 heteroatoms. The SMILES string of the molecule is CCCCCCCCCCCCCCCCCC(=O)N[C@H]1CC[C@@]2(C)[C@@H](C1)C[C@@H](O)[C@@H]1[C@@H]2C[C@H](O)[C@]2(C)[C@@H]([C@H](C)CCC(=O)O)CC[C@@H]12. The van der Waals surface area contributed by atoms with Gasteiger partial charge in [-0.05, 0) is 104 Å². The average molecular weight is 674 g/mol. The van der Waals surface area contributed by atoms with Gasteiger partial charge in [-0.3, -0.25) is 9.59 Å². The van der Waals surface area contributed by atoms with Crippen LogP contribution in [0.4, 0.5) is 0 Å². The Balaban J connectivity index is 1.14. The lowest BCUT2D eigenvalue weighted by Gasteiger charge is -2.63. The molecular formula is C42H75NO5. The number of carboxylic acids is 1. The molecule has 0 saturated heterocycles. The quantitative estimate of drug-likeness (QED) is 0.0908. The highest BCUT2D eigenvalue weighted by Gasteiger charge is 2.65. The number of aliphatic hydroxyl groups is 2.